The van der Waals surface area contributed by atoms with Crippen molar-refractivity contribution < 1.29 is 5.11 Å². The zero-order valence-electron chi connectivity index (χ0n) is 8.75. The monoisotopic (exact) mass is 216 g/mol. The van der Waals surface area contributed by atoms with Crippen LogP contribution in [0.5, 0.6) is 0 Å². The number of thiocarbonyl (C=S) groups is 1. The predicted octanol–water partition coefficient (Wildman–Crippen LogP) is 1.02. The number of hydrogen-bond donors (Lipinski definition) is 3. The number of hydrogen-bond acceptors (Lipinski definition) is 2. The second-order valence-electron chi connectivity index (χ2n) is 3.99. The van der Waals surface area contributed by atoms with Crippen LogP contribution in [0.4, 0.5) is 0 Å². The van der Waals surface area contributed by atoms with E-state index in [1.54, 1.807) is 0 Å². The van der Waals surface area contributed by atoms with E-state index in [2.05, 4.69) is 17.6 Å². The lowest BCUT2D eigenvalue weighted by Crippen LogP contribution is -2.46. The molecule has 1 fully saturated rings. The Labute approximate surface area is 91.3 Å². The van der Waals surface area contributed by atoms with E-state index in [1.807, 2.05) is 0 Å². The third-order valence-corrected chi connectivity index (χ3v) is 3.09. The number of nitrogens with one attached hydrogen (secondary N) is 2. The normalized spacial score (nSPS) is 27.0. The van der Waals surface area contributed by atoms with Gasteiger partial charge in [-0.15, -0.1) is 0 Å². The minimum atomic E-state index is 0.127. The van der Waals surface area contributed by atoms with Crippen LogP contribution in [0.15, 0.2) is 0 Å². The molecule has 2 atom stereocenters. The summed E-state index contributed by atoms with van der Waals surface area (Å²) in [7, 11) is 0. The molecule has 1 aliphatic rings. The molecule has 0 aromatic heterocycles. The Hall–Kier alpha value is -0.350. The van der Waals surface area contributed by atoms with Crippen molar-refractivity contribution in [1.29, 1.82) is 0 Å². The van der Waals surface area contributed by atoms with E-state index in [-0.39, 0.29) is 6.61 Å². The molecular weight excluding hydrogens is 196 g/mol. The largest absolute Gasteiger partial charge is 0.395 e. The Morgan fingerprint density at radius 3 is 2.79 bits per heavy atom. The molecule has 0 aliphatic heterocycles. The summed E-state index contributed by atoms with van der Waals surface area (Å²) < 4.78 is 0. The lowest BCUT2D eigenvalue weighted by atomic mass is 9.86. The zero-order valence-corrected chi connectivity index (χ0v) is 9.57. The quantitative estimate of drug-likeness (QED) is 0.616. The van der Waals surface area contributed by atoms with E-state index in [1.165, 1.54) is 25.7 Å². The molecule has 2 unspecified atom stereocenters. The average Bonchev–Trinajstić information content (AvgIpc) is 2.18. The van der Waals surface area contributed by atoms with Crippen molar-refractivity contribution >= 4 is 17.3 Å². The number of rotatable bonds is 3. The van der Waals surface area contributed by atoms with Gasteiger partial charge >= 0.3 is 0 Å². The fraction of sp³-hybridized carbons (Fsp3) is 0.900. The lowest BCUT2D eigenvalue weighted by molar-refractivity contribution is 0.295. The fourth-order valence-electron chi connectivity index (χ4n) is 1.92. The molecule has 14 heavy (non-hydrogen) atoms. The smallest absolute Gasteiger partial charge is 0.166 e. The van der Waals surface area contributed by atoms with Gasteiger partial charge in [0.05, 0.1) is 6.61 Å². The summed E-state index contributed by atoms with van der Waals surface area (Å²) >= 11 is 5.12. The highest BCUT2D eigenvalue weighted by Crippen LogP contribution is 2.23. The standard InChI is InChI=1S/C10H20N2OS/c1-8-4-2-3-5-9(8)12-10(14)11-6-7-13/h8-9,13H,2-7H2,1H3,(H2,11,12,14). The molecule has 0 saturated heterocycles. The van der Waals surface area contributed by atoms with Crippen molar-refractivity contribution in [3.8, 4) is 0 Å². The predicted molar refractivity (Wildman–Crippen MR) is 62.2 cm³/mol. The summed E-state index contributed by atoms with van der Waals surface area (Å²) in [6.45, 7) is 2.93. The number of aliphatic hydroxyl groups is 1. The highest BCUT2D eigenvalue weighted by atomic mass is 32.1. The van der Waals surface area contributed by atoms with Crippen LogP contribution in [-0.4, -0.2) is 29.4 Å². The maximum Gasteiger partial charge on any atom is 0.166 e. The van der Waals surface area contributed by atoms with Gasteiger partial charge in [-0.1, -0.05) is 19.8 Å². The first-order valence-corrected chi connectivity index (χ1v) is 5.80. The summed E-state index contributed by atoms with van der Waals surface area (Å²) in [5.74, 6) is 0.706. The first-order valence-electron chi connectivity index (χ1n) is 5.39. The van der Waals surface area contributed by atoms with E-state index in [0.717, 1.165) is 0 Å². The number of aliphatic hydroxyl groups excluding tert-OH is 1. The zero-order chi connectivity index (χ0) is 10.4. The third kappa shape index (κ3) is 3.80. The highest BCUT2D eigenvalue weighted by Gasteiger charge is 2.21. The molecule has 0 spiro atoms. The molecule has 0 aromatic carbocycles. The summed E-state index contributed by atoms with van der Waals surface area (Å²) in [4.78, 5) is 0. The van der Waals surface area contributed by atoms with Crippen LogP contribution >= 0.6 is 12.2 Å². The third-order valence-electron chi connectivity index (χ3n) is 2.83. The molecule has 0 radical (unpaired) electrons. The first kappa shape index (κ1) is 11.7. The van der Waals surface area contributed by atoms with Gasteiger partial charge in [0.15, 0.2) is 5.11 Å². The van der Waals surface area contributed by atoms with Crippen LogP contribution < -0.4 is 10.6 Å². The molecule has 1 aliphatic carbocycles. The summed E-state index contributed by atoms with van der Waals surface area (Å²) in [5, 5.41) is 15.6. The molecular formula is C10H20N2OS. The minimum Gasteiger partial charge on any atom is -0.395 e. The van der Waals surface area contributed by atoms with Gasteiger partial charge in [-0.05, 0) is 31.0 Å². The van der Waals surface area contributed by atoms with E-state index in [4.69, 9.17) is 17.3 Å². The van der Waals surface area contributed by atoms with Gasteiger partial charge in [0.1, 0.15) is 0 Å². The summed E-state index contributed by atoms with van der Waals surface area (Å²) in [6.07, 6.45) is 5.14. The van der Waals surface area contributed by atoms with Gasteiger partial charge in [0.2, 0.25) is 0 Å². The van der Waals surface area contributed by atoms with Crippen LogP contribution in [0.3, 0.4) is 0 Å². The van der Waals surface area contributed by atoms with Gasteiger partial charge in [0.25, 0.3) is 0 Å². The van der Waals surface area contributed by atoms with Crippen molar-refractivity contribution in [2.75, 3.05) is 13.2 Å². The van der Waals surface area contributed by atoms with Crippen LogP contribution in [0.1, 0.15) is 32.6 Å². The van der Waals surface area contributed by atoms with Crippen LogP contribution in [0.2, 0.25) is 0 Å². The molecule has 0 amide bonds. The molecule has 3 N–H and O–H groups in total. The maximum atomic E-state index is 8.62. The second kappa shape index (κ2) is 6.19. The van der Waals surface area contributed by atoms with E-state index in [0.29, 0.717) is 23.6 Å². The molecule has 0 aromatic rings. The molecule has 3 nitrogen and oxygen atoms in total. The van der Waals surface area contributed by atoms with Crippen LogP contribution in [0.25, 0.3) is 0 Å². The van der Waals surface area contributed by atoms with E-state index >= 15 is 0 Å². The van der Waals surface area contributed by atoms with Gasteiger partial charge in [-0.25, -0.2) is 0 Å². The first-order chi connectivity index (χ1) is 6.74. The summed E-state index contributed by atoms with van der Waals surface area (Å²) in [6, 6.07) is 0.516. The maximum absolute atomic E-state index is 8.62. The van der Waals surface area contributed by atoms with Crippen molar-refractivity contribution in [2.24, 2.45) is 5.92 Å². The van der Waals surface area contributed by atoms with Gasteiger partial charge in [-0.3, -0.25) is 0 Å². The second-order valence-corrected chi connectivity index (χ2v) is 4.40. The van der Waals surface area contributed by atoms with E-state index in [9.17, 15) is 0 Å². The molecule has 0 heterocycles. The van der Waals surface area contributed by atoms with E-state index < -0.39 is 0 Å². The fourth-order valence-corrected chi connectivity index (χ4v) is 2.17. The van der Waals surface area contributed by atoms with Crippen molar-refractivity contribution in [3.05, 3.63) is 0 Å². The molecule has 4 heteroatoms. The van der Waals surface area contributed by atoms with Crippen molar-refractivity contribution in [3.63, 3.8) is 0 Å². The Kier molecular flexibility index (Phi) is 5.19. The van der Waals surface area contributed by atoms with Crippen molar-refractivity contribution in [1.82, 2.24) is 10.6 Å². The van der Waals surface area contributed by atoms with Crippen LogP contribution in [0, 0.1) is 5.92 Å². The molecule has 0 bridgehead atoms. The lowest BCUT2D eigenvalue weighted by Gasteiger charge is -2.30. The molecule has 82 valence electrons. The average molecular weight is 216 g/mol. The van der Waals surface area contributed by atoms with Crippen molar-refractivity contribution in [2.45, 2.75) is 38.6 Å². The Bertz CT molecular complexity index is 187. The minimum absolute atomic E-state index is 0.127. The van der Waals surface area contributed by atoms with Gasteiger partial charge in [0, 0.05) is 12.6 Å². The summed E-state index contributed by atoms with van der Waals surface area (Å²) in [5.41, 5.74) is 0. The van der Waals surface area contributed by atoms with Gasteiger partial charge < -0.3 is 15.7 Å². The topological polar surface area (TPSA) is 44.3 Å². The highest BCUT2D eigenvalue weighted by molar-refractivity contribution is 7.80. The SMILES string of the molecule is CC1CCCCC1NC(=S)NCCO. The molecule has 1 saturated carbocycles. The van der Waals surface area contributed by atoms with Gasteiger partial charge in [-0.2, -0.15) is 0 Å². The molecule has 1 rings (SSSR count). The Morgan fingerprint density at radius 1 is 1.43 bits per heavy atom. The Morgan fingerprint density at radius 2 is 2.14 bits per heavy atom. The van der Waals surface area contributed by atoms with Crippen LogP contribution in [-0.2, 0) is 0 Å². The Balaban J connectivity index is 2.23.